The third-order valence-corrected chi connectivity index (χ3v) is 7.08. The Labute approximate surface area is 230 Å². The van der Waals surface area contributed by atoms with Crippen LogP contribution >= 0.6 is 0 Å². The fraction of sp³-hybridized carbons (Fsp3) is 0.710. The molecule has 214 valence electrons. The highest BCUT2D eigenvalue weighted by Gasteiger charge is 2.35. The summed E-state index contributed by atoms with van der Waals surface area (Å²) < 4.78 is 11.2. The molecule has 1 saturated heterocycles. The molecule has 1 aliphatic heterocycles. The molecule has 0 spiro atoms. The fourth-order valence-corrected chi connectivity index (χ4v) is 4.73. The Morgan fingerprint density at radius 1 is 0.816 bits per heavy atom. The number of carbonyl (C=O) groups excluding carboxylic acids is 3. The van der Waals surface area contributed by atoms with Crippen LogP contribution in [0.4, 0.5) is 0 Å². The third kappa shape index (κ3) is 12.3. The molecule has 2 amide bonds. The summed E-state index contributed by atoms with van der Waals surface area (Å²) in [7, 11) is 0. The van der Waals surface area contributed by atoms with Gasteiger partial charge in [0.25, 0.3) is 5.91 Å². The van der Waals surface area contributed by atoms with Crippen LogP contribution in [-0.4, -0.2) is 55.0 Å². The number of amides is 2. The van der Waals surface area contributed by atoms with Gasteiger partial charge in [0.2, 0.25) is 5.91 Å². The molecule has 1 unspecified atom stereocenters. The lowest BCUT2D eigenvalue weighted by molar-refractivity contribution is -0.147. The zero-order chi connectivity index (χ0) is 27.4. The highest BCUT2D eigenvalue weighted by molar-refractivity contribution is 5.99. The highest BCUT2D eigenvalue weighted by atomic mass is 16.5. The van der Waals surface area contributed by atoms with Crippen molar-refractivity contribution in [1.29, 1.82) is 0 Å². The van der Waals surface area contributed by atoms with Crippen LogP contribution in [0.5, 0.6) is 5.75 Å². The summed E-state index contributed by atoms with van der Waals surface area (Å²) in [5.74, 6) is -0.288. The number of piperazine rings is 1. The minimum atomic E-state index is -0.856. The van der Waals surface area contributed by atoms with Crippen LogP contribution in [0.1, 0.15) is 121 Å². The molecule has 0 bridgehead atoms. The molecule has 1 fully saturated rings. The second kappa shape index (κ2) is 19.5. The van der Waals surface area contributed by atoms with Crippen molar-refractivity contribution in [1.82, 2.24) is 10.2 Å². The van der Waals surface area contributed by atoms with Gasteiger partial charge in [0, 0.05) is 18.7 Å². The van der Waals surface area contributed by atoms with E-state index < -0.39 is 12.0 Å². The van der Waals surface area contributed by atoms with Crippen LogP contribution in [0, 0.1) is 0 Å². The number of esters is 1. The van der Waals surface area contributed by atoms with Crippen molar-refractivity contribution in [2.24, 2.45) is 0 Å². The van der Waals surface area contributed by atoms with Crippen molar-refractivity contribution in [3.63, 3.8) is 0 Å². The summed E-state index contributed by atoms with van der Waals surface area (Å²) in [6.45, 7) is 6.15. The van der Waals surface area contributed by atoms with Crippen LogP contribution in [0.25, 0.3) is 0 Å². The van der Waals surface area contributed by atoms with Crippen molar-refractivity contribution in [3.05, 3.63) is 29.8 Å². The molecule has 0 aliphatic carbocycles. The lowest BCUT2D eigenvalue weighted by Crippen LogP contribution is -2.57. The van der Waals surface area contributed by atoms with E-state index in [1.807, 2.05) is 0 Å². The summed E-state index contributed by atoms with van der Waals surface area (Å²) in [4.78, 5) is 39.7. The predicted molar refractivity (Wildman–Crippen MR) is 151 cm³/mol. The Kier molecular flexibility index (Phi) is 16.2. The van der Waals surface area contributed by atoms with Crippen LogP contribution in [-0.2, 0) is 14.3 Å². The van der Waals surface area contributed by atoms with E-state index in [2.05, 4.69) is 19.2 Å². The SMILES string of the molecule is CCCCCCCCCCCCOC(=O)CC1C(=O)NCCN1C(=O)c1ccc(OCCCCCC)cc1. The van der Waals surface area contributed by atoms with Crippen molar-refractivity contribution < 1.29 is 23.9 Å². The number of ether oxygens (including phenoxy) is 2. The van der Waals surface area contributed by atoms with Gasteiger partial charge in [0.15, 0.2) is 0 Å². The van der Waals surface area contributed by atoms with Gasteiger partial charge in [-0.2, -0.15) is 0 Å². The average Bonchev–Trinajstić information content (AvgIpc) is 2.92. The molecule has 1 N–H and O–H groups in total. The number of nitrogens with one attached hydrogen (secondary N) is 1. The van der Waals surface area contributed by atoms with Gasteiger partial charge >= 0.3 is 5.97 Å². The fourth-order valence-electron chi connectivity index (χ4n) is 4.73. The molecule has 0 saturated carbocycles. The molecule has 1 heterocycles. The number of unbranched alkanes of at least 4 members (excludes halogenated alkanes) is 12. The summed E-state index contributed by atoms with van der Waals surface area (Å²) in [5, 5.41) is 2.77. The van der Waals surface area contributed by atoms with E-state index in [4.69, 9.17) is 9.47 Å². The van der Waals surface area contributed by atoms with Gasteiger partial charge in [-0.25, -0.2) is 0 Å². The van der Waals surface area contributed by atoms with Gasteiger partial charge in [-0.1, -0.05) is 90.9 Å². The molecular formula is C31H50N2O5. The first-order valence-corrected chi connectivity index (χ1v) is 15.0. The van der Waals surface area contributed by atoms with Crippen LogP contribution in [0.15, 0.2) is 24.3 Å². The molecule has 7 nitrogen and oxygen atoms in total. The van der Waals surface area contributed by atoms with E-state index in [9.17, 15) is 14.4 Å². The van der Waals surface area contributed by atoms with E-state index in [1.54, 1.807) is 24.3 Å². The Balaban J connectivity index is 1.72. The Hall–Kier alpha value is -2.57. The minimum absolute atomic E-state index is 0.131. The van der Waals surface area contributed by atoms with Gasteiger partial charge in [-0.3, -0.25) is 14.4 Å². The minimum Gasteiger partial charge on any atom is -0.494 e. The standard InChI is InChI=1S/C31H50N2O5/c1-3-5-7-9-10-11-12-13-14-16-24-38-29(34)25-28-30(35)32-21-22-33(28)31(36)26-17-19-27(20-18-26)37-23-15-8-6-4-2/h17-20,28H,3-16,21-25H2,1-2H3,(H,32,35). The lowest BCUT2D eigenvalue weighted by atomic mass is 10.1. The van der Waals surface area contributed by atoms with Gasteiger partial charge in [0.05, 0.1) is 19.6 Å². The number of nitrogens with zero attached hydrogens (tertiary/aromatic N) is 1. The normalized spacial score (nSPS) is 15.3. The van der Waals surface area contributed by atoms with Gasteiger partial charge < -0.3 is 19.7 Å². The molecule has 1 aromatic carbocycles. The van der Waals surface area contributed by atoms with Crippen LogP contribution < -0.4 is 10.1 Å². The molecule has 1 aliphatic rings. The molecule has 7 heteroatoms. The molecular weight excluding hydrogens is 480 g/mol. The molecule has 2 rings (SSSR count). The van der Waals surface area contributed by atoms with Gasteiger partial charge in [0.1, 0.15) is 11.8 Å². The first-order valence-electron chi connectivity index (χ1n) is 15.0. The first-order chi connectivity index (χ1) is 18.6. The molecule has 38 heavy (non-hydrogen) atoms. The maximum absolute atomic E-state index is 13.2. The average molecular weight is 531 g/mol. The first kappa shape index (κ1) is 31.6. The number of carbonyl (C=O) groups is 3. The van der Waals surface area contributed by atoms with Crippen molar-refractivity contribution >= 4 is 17.8 Å². The van der Waals surface area contributed by atoms with E-state index in [1.165, 1.54) is 62.7 Å². The Morgan fingerprint density at radius 3 is 2.00 bits per heavy atom. The van der Waals surface area contributed by atoms with Crippen molar-refractivity contribution in [2.75, 3.05) is 26.3 Å². The zero-order valence-corrected chi connectivity index (χ0v) is 23.8. The smallest absolute Gasteiger partial charge is 0.308 e. The predicted octanol–water partition coefficient (Wildman–Crippen LogP) is 6.44. The largest absolute Gasteiger partial charge is 0.494 e. The van der Waals surface area contributed by atoms with E-state index in [0.29, 0.717) is 31.9 Å². The monoisotopic (exact) mass is 530 g/mol. The summed E-state index contributed by atoms with van der Waals surface area (Å²) >= 11 is 0. The maximum Gasteiger partial charge on any atom is 0.308 e. The lowest BCUT2D eigenvalue weighted by Gasteiger charge is -2.34. The maximum atomic E-state index is 13.2. The van der Waals surface area contributed by atoms with Crippen LogP contribution in [0.3, 0.4) is 0 Å². The second-order valence-corrected chi connectivity index (χ2v) is 10.3. The molecule has 0 aromatic heterocycles. The van der Waals surface area contributed by atoms with Crippen molar-refractivity contribution in [3.8, 4) is 5.75 Å². The summed E-state index contributed by atoms with van der Waals surface area (Å²) in [5.41, 5.74) is 0.474. The van der Waals surface area contributed by atoms with Gasteiger partial charge in [-0.05, 0) is 37.1 Å². The topological polar surface area (TPSA) is 84.9 Å². The van der Waals surface area contributed by atoms with Crippen LogP contribution in [0.2, 0.25) is 0 Å². The molecule has 1 atom stereocenters. The quantitative estimate of drug-likeness (QED) is 0.155. The number of hydrogen-bond acceptors (Lipinski definition) is 5. The van der Waals surface area contributed by atoms with Crippen molar-refractivity contribution in [2.45, 2.75) is 116 Å². The highest BCUT2D eigenvalue weighted by Crippen LogP contribution is 2.18. The van der Waals surface area contributed by atoms with E-state index >= 15 is 0 Å². The number of benzene rings is 1. The molecule has 1 aromatic rings. The second-order valence-electron chi connectivity index (χ2n) is 10.3. The molecule has 0 radical (unpaired) electrons. The number of rotatable bonds is 20. The zero-order valence-electron chi connectivity index (χ0n) is 23.8. The van der Waals surface area contributed by atoms with Gasteiger partial charge in [-0.15, -0.1) is 0 Å². The number of hydrogen-bond donors (Lipinski definition) is 1. The van der Waals surface area contributed by atoms with E-state index in [0.717, 1.165) is 37.9 Å². The van der Waals surface area contributed by atoms with E-state index in [-0.39, 0.29) is 18.2 Å². The third-order valence-electron chi connectivity index (χ3n) is 7.08. The summed E-state index contributed by atoms with van der Waals surface area (Å²) in [6, 6.07) is 6.15. The summed E-state index contributed by atoms with van der Waals surface area (Å²) in [6.07, 6.45) is 16.5. The Bertz CT molecular complexity index is 811. The Morgan fingerprint density at radius 2 is 1.37 bits per heavy atom.